The summed E-state index contributed by atoms with van der Waals surface area (Å²) in [5, 5.41) is 2.15. The van der Waals surface area contributed by atoms with E-state index in [0.717, 1.165) is 5.56 Å². The highest BCUT2D eigenvalue weighted by molar-refractivity contribution is 6.25. The third-order valence-corrected chi connectivity index (χ3v) is 2.92. The smallest absolute Gasteiger partial charge is 0.322 e. The standard InChI is InChI=1S/C13H10F3N5/c14-13(15,16)12-20-10(9-11(21-12)19-7-18-9)17-6-8-4-2-1-3-5-8/h1-5,7,9H,6H2,(H,17,18,19,20,21). The Bertz CT molecular complexity index is 658. The van der Waals surface area contributed by atoms with Gasteiger partial charge in [0.25, 0.3) is 0 Å². The van der Waals surface area contributed by atoms with E-state index in [-0.39, 0.29) is 18.2 Å². The van der Waals surface area contributed by atoms with Gasteiger partial charge in [0, 0.05) is 0 Å². The van der Waals surface area contributed by atoms with Crippen molar-refractivity contribution in [3.8, 4) is 0 Å². The van der Waals surface area contributed by atoms with Crippen LogP contribution in [0.5, 0.6) is 0 Å². The predicted octanol–water partition coefficient (Wildman–Crippen LogP) is 1.96. The molecular weight excluding hydrogens is 283 g/mol. The average Bonchev–Trinajstić information content (AvgIpc) is 2.93. The summed E-state index contributed by atoms with van der Waals surface area (Å²) in [6.45, 7) is 0.240. The van der Waals surface area contributed by atoms with E-state index >= 15 is 0 Å². The Morgan fingerprint density at radius 1 is 1.19 bits per heavy atom. The van der Waals surface area contributed by atoms with E-state index in [0.29, 0.717) is 0 Å². The molecule has 0 spiro atoms. The molecule has 2 aliphatic heterocycles. The second kappa shape index (κ2) is 5.12. The molecule has 0 aromatic heterocycles. The van der Waals surface area contributed by atoms with Crippen LogP contribution in [0.15, 0.2) is 50.3 Å². The first-order valence-electron chi connectivity index (χ1n) is 6.14. The molecule has 1 unspecified atom stereocenters. The second-order valence-corrected chi connectivity index (χ2v) is 4.42. The minimum absolute atomic E-state index is 0.0115. The lowest BCUT2D eigenvalue weighted by molar-refractivity contribution is -0.0609. The molecule has 0 bridgehead atoms. The highest BCUT2D eigenvalue weighted by Gasteiger charge is 2.42. The first-order chi connectivity index (χ1) is 10.0. The van der Waals surface area contributed by atoms with Crippen LogP contribution in [0.1, 0.15) is 5.56 Å². The van der Waals surface area contributed by atoms with Crippen molar-refractivity contribution >= 4 is 23.8 Å². The monoisotopic (exact) mass is 293 g/mol. The van der Waals surface area contributed by atoms with Gasteiger partial charge in [0.1, 0.15) is 12.2 Å². The van der Waals surface area contributed by atoms with E-state index in [9.17, 15) is 13.2 Å². The lowest BCUT2D eigenvalue weighted by Crippen LogP contribution is -2.50. The van der Waals surface area contributed by atoms with Crippen molar-refractivity contribution in [3.05, 3.63) is 35.9 Å². The predicted molar refractivity (Wildman–Crippen MR) is 73.9 cm³/mol. The Hall–Kier alpha value is -2.51. The molecule has 2 heterocycles. The van der Waals surface area contributed by atoms with Crippen molar-refractivity contribution in [1.82, 2.24) is 5.32 Å². The van der Waals surface area contributed by atoms with Crippen LogP contribution in [-0.4, -0.2) is 36.1 Å². The van der Waals surface area contributed by atoms with Gasteiger partial charge in [-0.05, 0) is 5.56 Å². The molecule has 1 aromatic rings. The number of halogens is 3. The fourth-order valence-electron chi connectivity index (χ4n) is 1.93. The highest BCUT2D eigenvalue weighted by Crippen LogP contribution is 2.20. The number of alkyl halides is 3. The largest absolute Gasteiger partial charge is 0.449 e. The molecule has 0 amide bonds. The summed E-state index contributed by atoms with van der Waals surface area (Å²) in [4.78, 5) is 15.5. The average molecular weight is 293 g/mol. The van der Waals surface area contributed by atoms with Crippen molar-refractivity contribution in [2.24, 2.45) is 20.0 Å². The summed E-state index contributed by atoms with van der Waals surface area (Å²) < 4.78 is 38.4. The topological polar surface area (TPSA) is 61.5 Å². The normalized spacial score (nSPS) is 22.6. The van der Waals surface area contributed by atoms with Crippen molar-refractivity contribution < 1.29 is 13.2 Å². The van der Waals surface area contributed by atoms with Gasteiger partial charge < -0.3 is 5.32 Å². The van der Waals surface area contributed by atoms with Crippen LogP contribution in [0.4, 0.5) is 13.2 Å². The number of fused-ring (bicyclic) bond motifs is 1. The van der Waals surface area contributed by atoms with Gasteiger partial charge in [-0.2, -0.15) is 13.2 Å². The van der Waals surface area contributed by atoms with Crippen LogP contribution >= 0.6 is 0 Å². The molecule has 5 nitrogen and oxygen atoms in total. The van der Waals surface area contributed by atoms with Gasteiger partial charge in [-0.15, -0.1) is 0 Å². The lowest BCUT2D eigenvalue weighted by atomic mass is 10.2. The maximum Gasteiger partial charge on any atom is 0.449 e. The van der Waals surface area contributed by atoms with Crippen molar-refractivity contribution in [1.29, 1.82) is 0 Å². The molecule has 1 atom stereocenters. The van der Waals surface area contributed by atoms with E-state index in [2.05, 4.69) is 25.3 Å². The molecule has 0 saturated heterocycles. The van der Waals surface area contributed by atoms with Crippen molar-refractivity contribution in [2.75, 3.05) is 0 Å². The number of benzene rings is 1. The molecule has 8 heteroatoms. The number of nitrogens with one attached hydrogen (secondary N) is 1. The zero-order valence-corrected chi connectivity index (χ0v) is 10.7. The van der Waals surface area contributed by atoms with Crippen LogP contribution in [0.3, 0.4) is 0 Å². The zero-order chi connectivity index (χ0) is 14.9. The maximum absolute atomic E-state index is 12.8. The Labute approximate surface area is 118 Å². The highest BCUT2D eigenvalue weighted by atomic mass is 19.4. The summed E-state index contributed by atoms with van der Waals surface area (Å²) >= 11 is 0. The third kappa shape index (κ3) is 2.83. The van der Waals surface area contributed by atoms with Gasteiger partial charge in [-0.25, -0.2) is 9.98 Å². The van der Waals surface area contributed by atoms with Crippen LogP contribution in [0.2, 0.25) is 0 Å². The summed E-state index contributed by atoms with van der Waals surface area (Å²) in [6, 6.07) is 8.53. The molecule has 1 aromatic carbocycles. The molecule has 3 rings (SSSR count). The van der Waals surface area contributed by atoms with Gasteiger partial charge in [0.05, 0.1) is 6.54 Å². The summed E-state index contributed by atoms with van der Waals surface area (Å²) in [5.74, 6) is -1.00. The first-order valence-corrected chi connectivity index (χ1v) is 6.14. The van der Waals surface area contributed by atoms with Gasteiger partial charge in [-0.1, -0.05) is 30.3 Å². The Morgan fingerprint density at radius 3 is 2.67 bits per heavy atom. The second-order valence-electron chi connectivity index (χ2n) is 4.42. The third-order valence-electron chi connectivity index (χ3n) is 2.92. The van der Waals surface area contributed by atoms with Gasteiger partial charge in [0.15, 0.2) is 11.9 Å². The lowest BCUT2D eigenvalue weighted by Gasteiger charge is -2.21. The molecule has 0 radical (unpaired) electrons. The molecule has 0 fully saturated rings. The number of amidine groups is 3. The van der Waals surface area contributed by atoms with Crippen LogP contribution < -0.4 is 5.32 Å². The number of nitrogens with zero attached hydrogens (tertiary/aromatic N) is 4. The van der Waals surface area contributed by atoms with Crippen molar-refractivity contribution in [3.63, 3.8) is 0 Å². The minimum atomic E-state index is -4.58. The SMILES string of the molecule is FC(F)(F)C1=NC(=NCc2ccccc2)C2N=CN=C2N1. The Morgan fingerprint density at radius 2 is 1.95 bits per heavy atom. The Kier molecular flexibility index (Phi) is 3.28. The minimum Gasteiger partial charge on any atom is -0.322 e. The molecule has 108 valence electrons. The molecule has 0 aliphatic carbocycles. The molecular formula is C13H10F3N5. The number of hydrogen-bond acceptors (Lipinski definition) is 4. The maximum atomic E-state index is 12.8. The number of aliphatic imine (C=N–C) groups is 4. The van der Waals surface area contributed by atoms with E-state index in [1.165, 1.54) is 6.34 Å². The Balaban J connectivity index is 1.90. The number of hydrogen-bond donors (Lipinski definition) is 1. The van der Waals surface area contributed by atoms with E-state index in [1.54, 1.807) is 0 Å². The van der Waals surface area contributed by atoms with Crippen molar-refractivity contribution in [2.45, 2.75) is 18.8 Å². The van der Waals surface area contributed by atoms with Crippen LogP contribution in [0.25, 0.3) is 0 Å². The quantitative estimate of drug-likeness (QED) is 0.890. The van der Waals surface area contributed by atoms with Gasteiger partial charge >= 0.3 is 6.18 Å². The fourth-order valence-corrected chi connectivity index (χ4v) is 1.93. The van der Waals surface area contributed by atoms with E-state index in [4.69, 9.17) is 0 Å². The van der Waals surface area contributed by atoms with Crippen LogP contribution in [0, 0.1) is 0 Å². The summed E-state index contributed by atoms with van der Waals surface area (Å²) in [7, 11) is 0. The molecule has 21 heavy (non-hydrogen) atoms. The van der Waals surface area contributed by atoms with Gasteiger partial charge in [-0.3, -0.25) is 9.98 Å². The summed E-state index contributed by atoms with van der Waals surface area (Å²) in [5.41, 5.74) is 0.882. The zero-order valence-electron chi connectivity index (χ0n) is 10.7. The molecule has 0 saturated carbocycles. The number of rotatable bonds is 2. The van der Waals surface area contributed by atoms with Crippen LogP contribution in [-0.2, 0) is 6.54 Å². The van der Waals surface area contributed by atoms with E-state index in [1.807, 2.05) is 30.3 Å². The fraction of sp³-hybridized carbons (Fsp3) is 0.231. The molecule has 1 N–H and O–H groups in total. The van der Waals surface area contributed by atoms with E-state index < -0.39 is 18.1 Å². The molecule has 2 aliphatic rings. The first kappa shape index (κ1) is 13.5. The summed E-state index contributed by atoms with van der Waals surface area (Å²) in [6.07, 6.45) is -3.37. The van der Waals surface area contributed by atoms with Gasteiger partial charge in [0.2, 0.25) is 5.84 Å².